The molecule has 1 amide bonds. The van der Waals surface area contributed by atoms with E-state index in [2.05, 4.69) is 10.1 Å². The first-order valence-corrected chi connectivity index (χ1v) is 6.59. The molecular formula is C15H12F2N2O5. The first-order valence-electron chi connectivity index (χ1n) is 6.59. The molecule has 0 aliphatic heterocycles. The molecule has 0 atom stereocenters. The third-order valence-corrected chi connectivity index (χ3v) is 2.98. The number of ether oxygens (including phenoxy) is 2. The SMILES string of the molecule is COc1ccc(C(=O)Nc2ccc(OC(F)F)cc2)cc1[N+](=O)[O-]. The molecule has 0 aliphatic carbocycles. The number of methoxy groups -OCH3 is 1. The number of carbonyl (C=O) groups is 1. The van der Waals surface area contributed by atoms with Crippen LogP contribution in [-0.4, -0.2) is 24.6 Å². The molecule has 0 unspecified atom stereocenters. The number of benzene rings is 2. The van der Waals surface area contributed by atoms with Gasteiger partial charge in [-0.05, 0) is 36.4 Å². The summed E-state index contributed by atoms with van der Waals surface area (Å²) >= 11 is 0. The van der Waals surface area contributed by atoms with Crippen LogP contribution in [0.4, 0.5) is 20.2 Å². The number of anilines is 1. The molecule has 2 rings (SSSR count). The van der Waals surface area contributed by atoms with Crippen molar-refractivity contribution in [2.24, 2.45) is 0 Å². The van der Waals surface area contributed by atoms with Crippen molar-refractivity contribution in [1.82, 2.24) is 0 Å². The van der Waals surface area contributed by atoms with E-state index in [0.717, 1.165) is 6.07 Å². The van der Waals surface area contributed by atoms with Gasteiger partial charge in [0.05, 0.1) is 12.0 Å². The summed E-state index contributed by atoms with van der Waals surface area (Å²) in [6, 6.07) is 9.03. The highest BCUT2D eigenvalue weighted by Crippen LogP contribution is 2.28. The van der Waals surface area contributed by atoms with Crippen LogP contribution in [0.25, 0.3) is 0 Å². The Morgan fingerprint density at radius 3 is 2.42 bits per heavy atom. The largest absolute Gasteiger partial charge is 0.490 e. The van der Waals surface area contributed by atoms with Gasteiger partial charge in [-0.2, -0.15) is 8.78 Å². The Morgan fingerprint density at radius 1 is 1.21 bits per heavy atom. The Kier molecular flexibility index (Phi) is 5.25. The Labute approximate surface area is 135 Å². The van der Waals surface area contributed by atoms with Crippen molar-refractivity contribution in [3.63, 3.8) is 0 Å². The summed E-state index contributed by atoms with van der Waals surface area (Å²) in [5, 5.41) is 13.5. The smallest absolute Gasteiger partial charge is 0.387 e. The number of alkyl halides is 2. The number of halogens is 2. The predicted molar refractivity (Wildman–Crippen MR) is 80.7 cm³/mol. The average molecular weight is 338 g/mol. The van der Waals surface area contributed by atoms with Crippen LogP contribution in [0.5, 0.6) is 11.5 Å². The number of hydrogen-bond acceptors (Lipinski definition) is 5. The van der Waals surface area contributed by atoms with Gasteiger partial charge in [0.1, 0.15) is 5.75 Å². The van der Waals surface area contributed by atoms with Crippen molar-refractivity contribution < 1.29 is 28.0 Å². The minimum absolute atomic E-state index is 0.0325. The van der Waals surface area contributed by atoms with E-state index < -0.39 is 17.4 Å². The van der Waals surface area contributed by atoms with E-state index >= 15 is 0 Å². The lowest BCUT2D eigenvalue weighted by Crippen LogP contribution is -2.12. The molecule has 0 fully saturated rings. The van der Waals surface area contributed by atoms with Crippen molar-refractivity contribution >= 4 is 17.3 Å². The highest BCUT2D eigenvalue weighted by molar-refractivity contribution is 6.04. The van der Waals surface area contributed by atoms with Crippen LogP contribution in [0.15, 0.2) is 42.5 Å². The molecule has 0 heterocycles. The zero-order valence-electron chi connectivity index (χ0n) is 12.4. The maximum atomic E-state index is 12.1. The van der Waals surface area contributed by atoms with Crippen molar-refractivity contribution in [3.05, 3.63) is 58.1 Å². The van der Waals surface area contributed by atoms with Gasteiger partial charge in [0.2, 0.25) is 0 Å². The lowest BCUT2D eigenvalue weighted by atomic mass is 10.1. The summed E-state index contributed by atoms with van der Waals surface area (Å²) in [6.45, 7) is -2.94. The molecule has 126 valence electrons. The minimum Gasteiger partial charge on any atom is -0.490 e. The van der Waals surface area contributed by atoms with Gasteiger partial charge >= 0.3 is 12.3 Å². The molecular weight excluding hydrogens is 326 g/mol. The third-order valence-electron chi connectivity index (χ3n) is 2.98. The van der Waals surface area contributed by atoms with Crippen LogP contribution in [0.3, 0.4) is 0 Å². The third kappa shape index (κ3) is 4.15. The van der Waals surface area contributed by atoms with Gasteiger partial charge in [0.15, 0.2) is 5.75 Å². The fraction of sp³-hybridized carbons (Fsp3) is 0.133. The molecule has 0 aliphatic rings. The number of carbonyl (C=O) groups excluding carboxylic acids is 1. The van der Waals surface area contributed by atoms with Gasteiger partial charge in [-0.1, -0.05) is 0 Å². The van der Waals surface area contributed by atoms with E-state index in [4.69, 9.17) is 4.74 Å². The zero-order chi connectivity index (χ0) is 17.7. The summed E-state index contributed by atoms with van der Waals surface area (Å²) in [5.74, 6) is -0.614. The average Bonchev–Trinajstić information content (AvgIpc) is 2.55. The summed E-state index contributed by atoms with van der Waals surface area (Å²) < 4.78 is 33.2. The topological polar surface area (TPSA) is 90.7 Å². The van der Waals surface area contributed by atoms with Crippen molar-refractivity contribution in [2.45, 2.75) is 6.61 Å². The fourth-order valence-corrected chi connectivity index (χ4v) is 1.90. The number of amides is 1. The summed E-state index contributed by atoms with van der Waals surface area (Å²) in [5.41, 5.74) is 0.0290. The van der Waals surface area contributed by atoms with Crippen LogP contribution in [0.1, 0.15) is 10.4 Å². The van der Waals surface area contributed by atoms with Crippen LogP contribution < -0.4 is 14.8 Å². The zero-order valence-corrected chi connectivity index (χ0v) is 12.4. The van der Waals surface area contributed by atoms with E-state index in [1.807, 2.05) is 0 Å². The summed E-state index contributed by atoms with van der Waals surface area (Å²) in [7, 11) is 1.28. The molecule has 9 heteroatoms. The van der Waals surface area contributed by atoms with Crippen molar-refractivity contribution in [1.29, 1.82) is 0 Å². The van der Waals surface area contributed by atoms with E-state index in [0.29, 0.717) is 5.69 Å². The standard InChI is InChI=1S/C15H12F2N2O5/c1-23-13-7-2-9(8-12(13)19(21)22)14(20)18-10-3-5-11(6-4-10)24-15(16)17/h2-8,15H,1H3,(H,18,20). The van der Waals surface area contributed by atoms with E-state index in [1.54, 1.807) is 0 Å². The molecule has 1 N–H and O–H groups in total. The van der Waals surface area contributed by atoms with Gasteiger partial charge in [0, 0.05) is 17.3 Å². The van der Waals surface area contributed by atoms with Gasteiger partial charge < -0.3 is 14.8 Å². The molecule has 0 spiro atoms. The number of nitro groups is 1. The molecule has 0 bridgehead atoms. The number of nitrogens with one attached hydrogen (secondary N) is 1. The normalized spacial score (nSPS) is 10.3. The van der Waals surface area contributed by atoms with Gasteiger partial charge in [-0.3, -0.25) is 14.9 Å². The quantitative estimate of drug-likeness (QED) is 0.643. The molecule has 0 saturated heterocycles. The van der Waals surface area contributed by atoms with Crippen molar-refractivity contribution in [3.8, 4) is 11.5 Å². The molecule has 0 saturated carbocycles. The first kappa shape index (κ1) is 17.1. The minimum atomic E-state index is -2.94. The van der Waals surface area contributed by atoms with Gasteiger partial charge in [-0.15, -0.1) is 0 Å². The maximum absolute atomic E-state index is 12.1. The van der Waals surface area contributed by atoms with Gasteiger partial charge in [-0.25, -0.2) is 0 Å². The lowest BCUT2D eigenvalue weighted by molar-refractivity contribution is -0.385. The highest BCUT2D eigenvalue weighted by Gasteiger charge is 2.18. The molecule has 7 nitrogen and oxygen atoms in total. The van der Waals surface area contributed by atoms with E-state index in [1.165, 1.54) is 43.5 Å². The Bertz CT molecular complexity index is 750. The first-order chi connectivity index (χ1) is 11.4. The van der Waals surface area contributed by atoms with Crippen LogP contribution in [-0.2, 0) is 0 Å². The van der Waals surface area contributed by atoms with Crippen LogP contribution >= 0.6 is 0 Å². The monoisotopic (exact) mass is 338 g/mol. The number of hydrogen-bond donors (Lipinski definition) is 1. The maximum Gasteiger partial charge on any atom is 0.387 e. The number of rotatable bonds is 6. The number of nitro benzene ring substituents is 1. The Morgan fingerprint density at radius 2 is 1.88 bits per heavy atom. The van der Waals surface area contributed by atoms with E-state index in [9.17, 15) is 23.7 Å². The van der Waals surface area contributed by atoms with Crippen molar-refractivity contribution in [2.75, 3.05) is 12.4 Å². The highest BCUT2D eigenvalue weighted by atomic mass is 19.3. The second-order valence-corrected chi connectivity index (χ2v) is 4.50. The Balaban J connectivity index is 2.15. The Hall–Kier alpha value is -3.23. The molecule has 2 aromatic carbocycles. The molecule has 24 heavy (non-hydrogen) atoms. The second kappa shape index (κ2) is 7.36. The molecule has 0 radical (unpaired) electrons. The molecule has 0 aromatic heterocycles. The predicted octanol–water partition coefficient (Wildman–Crippen LogP) is 3.46. The van der Waals surface area contributed by atoms with E-state index in [-0.39, 0.29) is 22.7 Å². The summed E-state index contributed by atoms with van der Waals surface area (Å²) in [4.78, 5) is 22.4. The van der Waals surface area contributed by atoms with Crippen LogP contribution in [0, 0.1) is 10.1 Å². The fourth-order valence-electron chi connectivity index (χ4n) is 1.90. The van der Waals surface area contributed by atoms with Gasteiger partial charge in [0.25, 0.3) is 5.91 Å². The molecule has 2 aromatic rings. The van der Waals surface area contributed by atoms with Crippen LogP contribution in [0.2, 0.25) is 0 Å². The summed E-state index contributed by atoms with van der Waals surface area (Å²) in [6.07, 6.45) is 0. The number of nitrogens with zero attached hydrogens (tertiary/aromatic N) is 1. The lowest BCUT2D eigenvalue weighted by Gasteiger charge is -2.08. The second-order valence-electron chi connectivity index (χ2n) is 4.50.